The van der Waals surface area contributed by atoms with E-state index in [4.69, 9.17) is 19.2 Å². The molecule has 1 unspecified atom stereocenters. The smallest absolute Gasteiger partial charge is 0.221 e. The normalized spacial score (nSPS) is 15.7. The zero-order valence-electron chi connectivity index (χ0n) is 19.9. The molecule has 1 heterocycles. The van der Waals surface area contributed by atoms with Crippen LogP contribution in [0.4, 0.5) is 0 Å². The highest BCUT2D eigenvalue weighted by Gasteiger charge is 2.24. The number of ether oxygens (including phenoxy) is 3. The molecule has 0 aromatic heterocycles. The molecular formula is C23H39N5O4. The SMILES string of the molecule is CCCNC(=O)CCNC(=NCC(c1ccc(OC)c(OC)c1)N1CCOCC1)NCC. The molecule has 1 atom stereocenters. The Morgan fingerprint density at radius 3 is 2.50 bits per heavy atom. The maximum atomic E-state index is 11.9. The van der Waals surface area contributed by atoms with Crippen molar-refractivity contribution in [1.82, 2.24) is 20.9 Å². The van der Waals surface area contributed by atoms with Gasteiger partial charge in [-0.05, 0) is 31.0 Å². The molecule has 1 aliphatic heterocycles. The van der Waals surface area contributed by atoms with E-state index in [1.165, 1.54) is 0 Å². The first kappa shape index (κ1) is 25.7. The average molecular weight is 450 g/mol. The van der Waals surface area contributed by atoms with Crippen LogP contribution in [0.25, 0.3) is 0 Å². The highest BCUT2D eigenvalue weighted by atomic mass is 16.5. The number of benzene rings is 1. The van der Waals surface area contributed by atoms with Gasteiger partial charge in [0, 0.05) is 39.1 Å². The van der Waals surface area contributed by atoms with Gasteiger partial charge in [-0.2, -0.15) is 0 Å². The number of carbonyl (C=O) groups excluding carboxylic acids is 1. The van der Waals surface area contributed by atoms with Gasteiger partial charge in [0.05, 0.1) is 40.0 Å². The highest BCUT2D eigenvalue weighted by molar-refractivity contribution is 5.81. The first-order valence-corrected chi connectivity index (χ1v) is 11.5. The lowest BCUT2D eigenvalue weighted by molar-refractivity contribution is -0.120. The van der Waals surface area contributed by atoms with Crippen molar-refractivity contribution in [2.75, 3.05) is 66.7 Å². The van der Waals surface area contributed by atoms with Gasteiger partial charge >= 0.3 is 0 Å². The van der Waals surface area contributed by atoms with E-state index in [1.807, 2.05) is 26.0 Å². The van der Waals surface area contributed by atoms with Crippen LogP contribution in [-0.4, -0.2) is 83.5 Å². The first-order valence-electron chi connectivity index (χ1n) is 11.5. The quantitative estimate of drug-likeness (QED) is 0.329. The van der Waals surface area contributed by atoms with Crippen molar-refractivity contribution in [1.29, 1.82) is 0 Å². The van der Waals surface area contributed by atoms with Gasteiger partial charge < -0.3 is 30.2 Å². The van der Waals surface area contributed by atoms with Gasteiger partial charge in [0.2, 0.25) is 5.91 Å². The fraction of sp³-hybridized carbons (Fsp3) is 0.652. The van der Waals surface area contributed by atoms with E-state index in [0.29, 0.717) is 56.7 Å². The number of nitrogens with one attached hydrogen (secondary N) is 3. The van der Waals surface area contributed by atoms with E-state index >= 15 is 0 Å². The molecule has 2 rings (SSSR count). The lowest BCUT2D eigenvalue weighted by Crippen LogP contribution is -2.42. The summed E-state index contributed by atoms with van der Waals surface area (Å²) in [5.41, 5.74) is 1.11. The Morgan fingerprint density at radius 1 is 1.09 bits per heavy atom. The molecule has 1 aromatic rings. The maximum absolute atomic E-state index is 11.9. The third-order valence-electron chi connectivity index (χ3n) is 5.26. The zero-order valence-corrected chi connectivity index (χ0v) is 19.9. The summed E-state index contributed by atoms with van der Waals surface area (Å²) in [5, 5.41) is 9.43. The third-order valence-corrected chi connectivity index (χ3v) is 5.26. The van der Waals surface area contributed by atoms with Gasteiger partial charge in [0.25, 0.3) is 0 Å². The van der Waals surface area contributed by atoms with E-state index in [0.717, 1.165) is 31.6 Å². The lowest BCUT2D eigenvalue weighted by Gasteiger charge is -2.34. The summed E-state index contributed by atoms with van der Waals surface area (Å²) in [6.45, 7) is 9.71. The molecule has 180 valence electrons. The zero-order chi connectivity index (χ0) is 23.2. The van der Waals surface area contributed by atoms with Crippen LogP contribution >= 0.6 is 0 Å². The molecule has 1 amide bonds. The van der Waals surface area contributed by atoms with E-state index in [9.17, 15) is 4.79 Å². The van der Waals surface area contributed by atoms with Crippen molar-refractivity contribution < 1.29 is 19.0 Å². The second-order valence-corrected chi connectivity index (χ2v) is 7.52. The number of hydrogen-bond donors (Lipinski definition) is 3. The molecule has 1 aromatic carbocycles. The van der Waals surface area contributed by atoms with E-state index in [1.54, 1.807) is 14.2 Å². The summed E-state index contributed by atoms with van der Waals surface area (Å²) >= 11 is 0. The van der Waals surface area contributed by atoms with Crippen LogP contribution in [0.2, 0.25) is 0 Å². The number of aliphatic imine (C=N–C) groups is 1. The largest absolute Gasteiger partial charge is 0.493 e. The van der Waals surface area contributed by atoms with Gasteiger partial charge in [-0.25, -0.2) is 0 Å². The number of morpholine rings is 1. The number of methoxy groups -OCH3 is 2. The van der Waals surface area contributed by atoms with Crippen molar-refractivity contribution >= 4 is 11.9 Å². The van der Waals surface area contributed by atoms with Crippen LogP contribution in [0, 0.1) is 0 Å². The predicted octanol–water partition coefficient (Wildman–Crippen LogP) is 1.55. The van der Waals surface area contributed by atoms with Crippen LogP contribution in [0.15, 0.2) is 23.2 Å². The Morgan fingerprint density at radius 2 is 1.84 bits per heavy atom. The van der Waals surface area contributed by atoms with Gasteiger partial charge in [-0.3, -0.25) is 14.7 Å². The Balaban J connectivity index is 2.12. The summed E-state index contributed by atoms with van der Waals surface area (Å²) < 4.78 is 16.5. The van der Waals surface area contributed by atoms with Gasteiger partial charge in [-0.15, -0.1) is 0 Å². The molecule has 1 saturated heterocycles. The molecule has 0 aliphatic carbocycles. The molecule has 3 N–H and O–H groups in total. The van der Waals surface area contributed by atoms with Crippen LogP contribution < -0.4 is 25.4 Å². The average Bonchev–Trinajstić information content (AvgIpc) is 2.83. The molecule has 0 saturated carbocycles. The third kappa shape index (κ3) is 8.20. The summed E-state index contributed by atoms with van der Waals surface area (Å²) in [6.07, 6.45) is 1.34. The molecule has 9 heteroatoms. The fourth-order valence-electron chi connectivity index (χ4n) is 3.55. The number of hydrogen-bond acceptors (Lipinski definition) is 6. The molecule has 0 spiro atoms. The Hall–Kier alpha value is -2.52. The molecule has 0 radical (unpaired) electrons. The van der Waals surface area contributed by atoms with Crippen LogP contribution in [0.3, 0.4) is 0 Å². The molecule has 0 bridgehead atoms. The second-order valence-electron chi connectivity index (χ2n) is 7.52. The maximum Gasteiger partial charge on any atom is 0.221 e. The van der Waals surface area contributed by atoms with Gasteiger partial charge in [0.15, 0.2) is 17.5 Å². The topological polar surface area (TPSA) is 96.5 Å². The standard InChI is InChI=1S/C23H39N5O4/c1-5-10-25-22(29)9-11-26-23(24-6-2)27-17-19(28-12-14-32-15-13-28)18-7-8-20(30-3)21(16-18)31-4/h7-8,16,19H,5-6,9-15,17H2,1-4H3,(H,25,29)(H2,24,26,27). The van der Waals surface area contributed by atoms with E-state index in [2.05, 4.69) is 26.9 Å². The van der Waals surface area contributed by atoms with Crippen molar-refractivity contribution in [3.05, 3.63) is 23.8 Å². The number of nitrogens with zero attached hydrogens (tertiary/aromatic N) is 2. The fourth-order valence-corrected chi connectivity index (χ4v) is 3.55. The summed E-state index contributed by atoms with van der Waals surface area (Å²) in [5.74, 6) is 2.16. The first-order chi connectivity index (χ1) is 15.6. The van der Waals surface area contributed by atoms with Crippen LogP contribution in [0.1, 0.15) is 38.3 Å². The summed E-state index contributed by atoms with van der Waals surface area (Å²) in [7, 11) is 3.28. The summed E-state index contributed by atoms with van der Waals surface area (Å²) in [6, 6.07) is 6.09. The molecule has 32 heavy (non-hydrogen) atoms. The van der Waals surface area contributed by atoms with Crippen LogP contribution in [0.5, 0.6) is 11.5 Å². The minimum Gasteiger partial charge on any atom is -0.493 e. The predicted molar refractivity (Wildman–Crippen MR) is 127 cm³/mol. The number of guanidine groups is 1. The monoisotopic (exact) mass is 449 g/mol. The second kappa shape index (κ2) is 14.5. The molecular weight excluding hydrogens is 410 g/mol. The number of rotatable bonds is 12. The summed E-state index contributed by atoms with van der Waals surface area (Å²) in [4.78, 5) is 19.1. The van der Waals surface area contributed by atoms with Crippen molar-refractivity contribution in [3.8, 4) is 11.5 Å². The lowest BCUT2D eigenvalue weighted by atomic mass is 10.0. The molecule has 9 nitrogen and oxygen atoms in total. The number of amides is 1. The van der Waals surface area contributed by atoms with E-state index in [-0.39, 0.29) is 11.9 Å². The number of carbonyl (C=O) groups is 1. The Kier molecular flexibility index (Phi) is 11.7. The minimum atomic E-state index is 0.0479. The Labute approximate surface area is 191 Å². The van der Waals surface area contributed by atoms with Crippen molar-refractivity contribution in [3.63, 3.8) is 0 Å². The van der Waals surface area contributed by atoms with Crippen molar-refractivity contribution in [2.24, 2.45) is 4.99 Å². The Bertz CT molecular complexity index is 722. The minimum absolute atomic E-state index is 0.0479. The molecule has 1 fully saturated rings. The van der Waals surface area contributed by atoms with Gasteiger partial charge in [-0.1, -0.05) is 13.0 Å². The molecule has 1 aliphatic rings. The van der Waals surface area contributed by atoms with E-state index < -0.39 is 0 Å². The van der Waals surface area contributed by atoms with Crippen LogP contribution in [-0.2, 0) is 9.53 Å². The van der Waals surface area contributed by atoms with Gasteiger partial charge in [0.1, 0.15) is 0 Å². The van der Waals surface area contributed by atoms with Crippen molar-refractivity contribution in [2.45, 2.75) is 32.7 Å². The highest BCUT2D eigenvalue weighted by Crippen LogP contribution is 2.32.